The molecule has 0 spiro atoms. The lowest BCUT2D eigenvalue weighted by Crippen LogP contribution is -1.98. The van der Waals surface area contributed by atoms with E-state index < -0.39 is 5.63 Å². The second-order valence-corrected chi connectivity index (χ2v) is 5.55. The maximum absolute atomic E-state index is 11.5. The van der Waals surface area contributed by atoms with E-state index in [0.717, 1.165) is 22.1 Å². The van der Waals surface area contributed by atoms with Crippen molar-refractivity contribution in [3.63, 3.8) is 0 Å². The molecule has 0 aliphatic rings. The van der Waals surface area contributed by atoms with E-state index in [1.54, 1.807) is 12.3 Å². The lowest BCUT2D eigenvalue weighted by atomic mass is 9.99. The van der Waals surface area contributed by atoms with Gasteiger partial charge in [-0.05, 0) is 24.1 Å². The van der Waals surface area contributed by atoms with Gasteiger partial charge in [0.25, 0.3) is 0 Å². The highest BCUT2D eigenvalue weighted by molar-refractivity contribution is 5.91. The van der Waals surface area contributed by atoms with Crippen LogP contribution in [-0.4, -0.2) is 10.3 Å². The summed E-state index contributed by atoms with van der Waals surface area (Å²) in [6, 6.07) is 14.2. The molecule has 2 aromatic heterocycles. The maximum Gasteiger partial charge on any atom is 0.336 e. The van der Waals surface area contributed by atoms with E-state index in [-0.39, 0.29) is 5.75 Å². The van der Waals surface area contributed by atoms with Crippen molar-refractivity contribution in [3.05, 3.63) is 70.7 Å². The highest BCUT2D eigenvalue weighted by Gasteiger charge is 2.18. The molecule has 0 saturated heterocycles. The van der Waals surface area contributed by atoms with E-state index in [0.29, 0.717) is 16.9 Å². The standard InChI is InChI=1S/C19H13NO4/c1-11-7-18(22)23-17-9-16(21)14(8-13(11)17)19-15(10-20-24-19)12-5-3-2-4-6-12/h2-10,21H,1H3. The molecular formula is C19H13NO4. The number of hydrogen-bond donors (Lipinski definition) is 1. The van der Waals surface area contributed by atoms with Crippen molar-refractivity contribution in [1.82, 2.24) is 5.16 Å². The van der Waals surface area contributed by atoms with Gasteiger partial charge in [-0.3, -0.25) is 0 Å². The summed E-state index contributed by atoms with van der Waals surface area (Å²) >= 11 is 0. The molecular weight excluding hydrogens is 306 g/mol. The normalized spacial score (nSPS) is 11.0. The van der Waals surface area contributed by atoms with Gasteiger partial charge in [0.2, 0.25) is 0 Å². The number of aromatic nitrogens is 1. The molecule has 1 N–H and O–H groups in total. The van der Waals surface area contributed by atoms with Crippen LogP contribution in [0.5, 0.6) is 5.75 Å². The summed E-state index contributed by atoms with van der Waals surface area (Å²) in [4.78, 5) is 11.5. The van der Waals surface area contributed by atoms with Crippen molar-refractivity contribution in [1.29, 1.82) is 0 Å². The summed E-state index contributed by atoms with van der Waals surface area (Å²) < 4.78 is 10.5. The van der Waals surface area contributed by atoms with Gasteiger partial charge in [0, 0.05) is 23.1 Å². The van der Waals surface area contributed by atoms with Gasteiger partial charge >= 0.3 is 5.63 Å². The molecule has 2 aromatic carbocycles. The van der Waals surface area contributed by atoms with Crippen LogP contribution in [0.4, 0.5) is 0 Å². The SMILES string of the molecule is Cc1cc(=O)oc2cc(O)c(-c3oncc3-c3ccccc3)cc12. The first-order chi connectivity index (χ1) is 11.6. The number of benzene rings is 2. The first-order valence-electron chi connectivity index (χ1n) is 7.41. The Labute approximate surface area is 136 Å². The van der Waals surface area contributed by atoms with Crippen molar-refractivity contribution in [3.8, 4) is 28.2 Å². The van der Waals surface area contributed by atoms with Crippen LogP contribution in [0.15, 0.2) is 68.5 Å². The van der Waals surface area contributed by atoms with Crippen LogP contribution in [-0.2, 0) is 0 Å². The number of nitrogens with zero attached hydrogens (tertiary/aromatic N) is 1. The third kappa shape index (κ3) is 2.27. The van der Waals surface area contributed by atoms with Crippen molar-refractivity contribution < 1.29 is 14.0 Å². The molecule has 0 atom stereocenters. The quantitative estimate of drug-likeness (QED) is 0.562. The molecule has 0 bridgehead atoms. The van der Waals surface area contributed by atoms with Gasteiger partial charge in [0.05, 0.1) is 11.8 Å². The molecule has 0 radical (unpaired) electrons. The largest absolute Gasteiger partial charge is 0.507 e. The molecule has 0 aliphatic carbocycles. The second kappa shape index (κ2) is 5.38. The third-order valence-electron chi connectivity index (χ3n) is 3.97. The van der Waals surface area contributed by atoms with Gasteiger partial charge in [-0.15, -0.1) is 0 Å². The summed E-state index contributed by atoms with van der Waals surface area (Å²) in [5.74, 6) is 0.427. The monoisotopic (exact) mass is 319 g/mol. The number of rotatable bonds is 2. The molecule has 0 saturated carbocycles. The summed E-state index contributed by atoms with van der Waals surface area (Å²) in [5, 5.41) is 15.0. The minimum Gasteiger partial charge on any atom is -0.507 e. The predicted molar refractivity (Wildman–Crippen MR) is 89.8 cm³/mol. The van der Waals surface area contributed by atoms with Crippen LogP contribution in [0.25, 0.3) is 33.4 Å². The summed E-state index contributed by atoms with van der Waals surface area (Å²) in [7, 11) is 0. The second-order valence-electron chi connectivity index (χ2n) is 5.55. The number of fused-ring (bicyclic) bond motifs is 1. The fraction of sp³-hybridized carbons (Fsp3) is 0.0526. The van der Waals surface area contributed by atoms with E-state index in [2.05, 4.69) is 5.16 Å². The van der Waals surface area contributed by atoms with E-state index in [9.17, 15) is 9.90 Å². The topological polar surface area (TPSA) is 76.5 Å². The molecule has 2 heterocycles. The molecule has 118 valence electrons. The minimum absolute atomic E-state index is 0.0369. The number of phenols is 1. The van der Waals surface area contributed by atoms with Crippen molar-refractivity contribution in [2.75, 3.05) is 0 Å². The lowest BCUT2D eigenvalue weighted by Gasteiger charge is -2.07. The zero-order valence-corrected chi connectivity index (χ0v) is 12.8. The minimum atomic E-state index is -0.447. The Morgan fingerprint density at radius 3 is 2.62 bits per heavy atom. The maximum atomic E-state index is 11.5. The van der Waals surface area contributed by atoms with Crippen molar-refractivity contribution in [2.45, 2.75) is 6.92 Å². The van der Waals surface area contributed by atoms with Gasteiger partial charge in [0.15, 0.2) is 5.76 Å². The summed E-state index contributed by atoms with van der Waals surface area (Å²) in [5.41, 5.74) is 2.86. The van der Waals surface area contributed by atoms with Crippen LogP contribution >= 0.6 is 0 Å². The summed E-state index contributed by atoms with van der Waals surface area (Å²) in [6.07, 6.45) is 1.62. The smallest absolute Gasteiger partial charge is 0.336 e. The Balaban J connectivity index is 1.97. The van der Waals surface area contributed by atoms with E-state index >= 15 is 0 Å². The average Bonchev–Trinajstić information content (AvgIpc) is 3.04. The summed E-state index contributed by atoms with van der Waals surface area (Å²) in [6.45, 7) is 1.82. The lowest BCUT2D eigenvalue weighted by molar-refractivity contribution is 0.426. The first-order valence-corrected chi connectivity index (χ1v) is 7.41. The first kappa shape index (κ1) is 14.3. The van der Waals surface area contributed by atoms with Crippen LogP contribution in [0.1, 0.15) is 5.56 Å². The Kier molecular flexibility index (Phi) is 3.20. The fourth-order valence-corrected chi connectivity index (χ4v) is 2.79. The van der Waals surface area contributed by atoms with Gasteiger partial charge < -0.3 is 14.0 Å². The predicted octanol–water partition coefficient (Wildman–Crippen LogP) is 4.13. The Morgan fingerprint density at radius 1 is 1.04 bits per heavy atom. The number of hydrogen-bond acceptors (Lipinski definition) is 5. The number of aryl methyl sites for hydroxylation is 1. The zero-order chi connectivity index (χ0) is 16.7. The molecule has 0 aliphatic heterocycles. The zero-order valence-electron chi connectivity index (χ0n) is 12.8. The van der Waals surface area contributed by atoms with Crippen molar-refractivity contribution >= 4 is 11.0 Å². The average molecular weight is 319 g/mol. The van der Waals surface area contributed by atoms with Crippen LogP contribution in [0, 0.1) is 6.92 Å². The van der Waals surface area contributed by atoms with Crippen LogP contribution < -0.4 is 5.63 Å². The van der Waals surface area contributed by atoms with Gasteiger partial charge in [-0.2, -0.15) is 0 Å². The Hall–Kier alpha value is -3.34. The van der Waals surface area contributed by atoms with Crippen LogP contribution in [0.3, 0.4) is 0 Å². The molecule has 0 fully saturated rings. The van der Waals surface area contributed by atoms with E-state index in [1.165, 1.54) is 12.1 Å². The Morgan fingerprint density at radius 2 is 1.83 bits per heavy atom. The fourth-order valence-electron chi connectivity index (χ4n) is 2.79. The van der Waals surface area contributed by atoms with Crippen molar-refractivity contribution in [2.24, 2.45) is 0 Å². The van der Waals surface area contributed by atoms with Gasteiger partial charge in [0.1, 0.15) is 11.3 Å². The van der Waals surface area contributed by atoms with Gasteiger partial charge in [-0.25, -0.2) is 4.79 Å². The molecule has 4 rings (SSSR count). The molecule has 4 aromatic rings. The molecule has 5 heteroatoms. The number of phenolic OH excluding ortho intramolecular Hbond substituents is 1. The molecule has 5 nitrogen and oxygen atoms in total. The highest BCUT2D eigenvalue weighted by atomic mass is 16.5. The third-order valence-corrected chi connectivity index (χ3v) is 3.97. The molecule has 0 amide bonds. The molecule has 24 heavy (non-hydrogen) atoms. The van der Waals surface area contributed by atoms with Crippen LogP contribution in [0.2, 0.25) is 0 Å². The van der Waals surface area contributed by atoms with Gasteiger partial charge in [-0.1, -0.05) is 35.5 Å². The molecule has 0 unspecified atom stereocenters. The Bertz CT molecular complexity index is 1090. The van der Waals surface area contributed by atoms with E-state index in [1.807, 2.05) is 37.3 Å². The van der Waals surface area contributed by atoms with E-state index in [4.69, 9.17) is 8.94 Å². The number of aromatic hydroxyl groups is 1. The highest BCUT2D eigenvalue weighted by Crippen LogP contribution is 2.39.